The van der Waals surface area contributed by atoms with E-state index in [0.717, 1.165) is 38.2 Å². The van der Waals surface area contributed by atoms with Gasteiger partial charge < -0.3 is 4.52 Å². The second-order valence-electron chi connectivity index (χ2n) is 4.43. The minimum atomic E-state index is -3.72. The van der Waals surface area contributed by atoms with Gasteiger partial charge >= 0.3 is 0 Å². The van der Waals surface area contributed by atoms with Crippen molar-refractivity contribution in [1.82, 2.24) is 5.16 Å². The van der Waals surface area contributed by atoms with Gasteiger partial charge in [-0.05, 0) is 25.3 Å². The molecule has 3 rings (SSSR count). The van der Waals surface area contributed by atoms with E-state index in [4.69, 9.17) is 15.2 Å². The Morgan fingerprint density at radius 3 is 2.65 bits per heavy atom. The molecule has 20 heavy (non-hydrogen) atoms. The fourth-order valence-electron chi connectivity index (χ4n) is 2.22. The molecule has 0 radical (unpaired) electrons. The van der Waals surface area contributed by atoms with E-state index in [-0.39, 0.29) is 4.21 Å². The van der Waals surface area contributed by atoms with E-state index in [1.807, 2.05) is 32.0 Å². The molecule has 4 nitrogen and oxygen atoms in total. The van der Waals surface area contributed by atoms with Crippen LogP contribution in [0.25, 0.3) is 21.2 Å². The zero-order valence-corrected chi connectivity index (χ0v) is 13.1. The van der Waals surface area contributed by atoms with Crippen LogP contribution in [0.15, 0.2) is 33.0 Å². The van der Waals surface area contributed by atoms with Gasteiger partial charge in [0.2, 0.25) is 0 Å². The van der Waals surface area contributed by atoms with E-state index >= 15 is 0 Å². The van der Waals surface area contributed by atoms with Crippen LogP contribution >= 0.6 is 22.0 Å². The maximum atomic E-state index is 11.5. The zero-order valence-electron chi connectivity index (χ0n) is 10.7. The monoisotopic (exact) mass is 327 g/mol. The average molecular weight is 328 g/mol. The lowest BCUT2D eigenvalue weighted by Gasteiger charge is -2.01. The number of rotatable bonds is 2. The number of thiophene rings is 1. The van der Waals surface area contributed by atoms with Crippen molar-refractivity contribution in [3.05, 3.63) is 35.7 Å². The lowest BCUT2D eigenvalue weighted by molar-refractivity contribution is 0.393. The van der Waals surface area contributed by atoms with Crippen LogP contribution in [0.4, 0.5) is 0 Å². The molecule has 2 aromatic heterocycles. The Balaban J connectivity index is 2.35. The molecule has 0 spiro atoms. The van der Waals surface area contributed by atoms with Crippen molar-refractivity contribution in [2.75, 3.05) is 0 Å². The van der Waals surface area contributed by atoms with Crippen LogP contribution in [0.3, 0.4) is 0 Å². The topological polar surface area (TPSA) is 60.2 Å². The maximum Gasteiger partial charge on any atom is 0.270 e. The molecule has 3 aromatic rings. The van der Waals surface area contributed by atoms with Crippen molar-refractivity contribution in [2.45, 2.75) is 18.1 Å². The van der Waals surface area contributed by atoms with E-state index in [1.54, 1.807) is 6.07 Å². The predicted octanol–water partition coefficient (Wildman–Crippen LogP) is 4.10. The Bertz CT molecular complexity index is 889. The largest absolute Gasteiger partial charge is 0.361 e. The first-order valence-corrected chi connectivity index (χ1v) is 8.91. The summed E-state index contributed by atoms with van der Waals surface area (Å²) in [4.78, 5) is 0. The lowest BCUT2D eigenvalue weighted by Crippen LogP contribution is -1.83. The van der Waals surface area contributed by atoms with E-state index in [0.29, 0.717) is 5.76 Å². The number of aryl methyl sites for hydroxylation is 2. The molecule has 0 saturated carbocycles. The van der Waals surface area contributed by atoms with Gasteiger partial charge in [-0.2, -0.15) is 0 Å². The van der Waals surface area contributed by atoms with Gasteiger partial charge in [-0.1, -0.05) is 23.4 Å². The summed E-state index contributed by atoms with van der Waals surface area (Å²) in [5.41, 5.74) is 2.59. The smallest absolute Gasteiger partial charge is 0.270 e. The predicted molar refractivity (Wildman–Crippen MR) is 79.8 cm³/mol. The molecule has 0 aliphatic rings. The molecule has 0 amide bonds. The number of aromatic nitrogens is 1. The summed E-state index contributed by atoms with van der Waals surface area (Å²) < 4.78 is 29.2. The Kier molecular flexibility index (Phi) is 3.12. The van der Waals surface area contributed by atoms with E-state index in [9.17, 15) is 8.42 Å². The first kappa shape index (κ1) is 13.6. The van der Waals surface area contributed by atoms with Crippen molar-refractivity contribution in [1.29, 1.82) is 0 Å². The highest BCUT2D eigenvalue weighted by Crippen LogP contribution is 2.39. The molecule has 0 N–H and O–H groups in total. The van der Waals surface area contributed by atoms with E-state index in [1.165, 1.54) is 0 Å². The van der Waals surface area contributed by atoms with Gasteiger partial charge in [0.1, 0.15) is 9.97 Å². The summed E-state index contributed by atoms with van der Waals surface area (Å²) >= 11 is 1.16. The number of nitrogens with zero attached hydrogens (tertiary/aromatic N) is 1. The highest BCUT2D eigenvalue weighted by molar-refractivity contribution is 8.15. The second kappa shape index (κ2) is 4.58. The van der Waals surface area contributed by atoms with Gasteiger partial charge in [0.15, 0.2) is 0 Å². The van der Waals surface area contributed by atoms with Gasteiger partial charge in [0.05, 0.1) is 5.69 Å². The molecule has 0 fully saturated rings. The molecule has 2 heterocycles. The summed E-state index contributed by atoms with van der Waals surface area (Å²) in [7, 11) is 1.70. The number of fused-ring (bicyclic) bond motifs is 1. The SMILES string of the molecule is Cc1noc(C)c1-c1cccc2cc(S(=O)(=O)Cl)sc12. The molecule has 0 unspecified atom stereocenters. The van der Waals surface area contributed by atoms with Crippen molar-refractivity contribution in [3.63, 3.8) is 0 Å². The summed E-state index contributed by atoms with van der Waals surface area (Å²) in [5.74, 6) is 0.707. The number of hydrogen-bond acceptors (Lipinski definition) is 5. The van der Waals surface area contributed by atoms with Crippen LogP contribution in [0.5, 0.6) is 0 Å². The van der Waals surface area contributed by atoms with Crippen molar-refractivity contribution in [2.24, 2.45) is 0 Å². The highest BCUT2D eigenvalue weighted by atomic mass is 35.7. The van der Waals surface area contributed by atoms with Crippen LogP contribution in [-0.2, 0) is 9.05 Å². The van der Waals surface area contributed by atoms with Crippen LogP contribution in [0.2, 0.25) is 0 Å². The Morgan fingerprint density at radius 2 is 2.05 bits per heavy atom. The first-order valence-electron chi connectivity index (χ1n) is 5.78. The van der Waals surface area contributed by atoms with Crippen LogP contribution in [0.1, 0.15) is 11.5 Å². The first-order chi connectivity index (χ1) is 9.38. The van der Waals surface area contributed by atoms with Crippen molar-refractivity contribution >= 4 is 41.2 Å². The van der Waals surface area contributed by atoms with Crippen molar-refractivity contribution < 1.29 is 12.9 Å². The third-order valence-electron chi connectivity index (χ3n) is 3.06. The number of benzene rings is 1. The molecule has 7 heteroatoms. The van der Waals surface area contributed by atoms with Gasteiger partial charge in [-0.25, -0.2) is 8.42 Å². The van der Waals surface area contributed by atoms with E-state index < -0.39 is 9.05 Å². The summed E-state index contributed by atoms with van der Waals surface area (Å²) in [6, 6.07) is 7.25. The Morgan fingerprint density at radius 1 is 1.30 bits per heavy atom. The molecule has 0 aliphatic heterocycles. The fraction of sp³-hybridized carbons (Fsp3) is 0.154. The quantitative estimate of drug-likeness (QED) is 0.665. The number of halogens is 1. The van der Waals surface area contributed by atoms with Crippen LogP contribution < -0.4 is 0 Å². The van der Waals surface area contributed by atoms with Crippen molar-refractivity contribution in [3.8, 4) is 11.1 Å². The molecule has 0 aliphatic carbocycles. The minimum Gasteiger partial charge on any atom is -0.361 e. The molecular weight excluding hydrogens is 318 g/mol. The van der Waals surface area contributed by atoms with Gasteiger partial charge in [0, 0.05) is 26.5 Å². The summed E-state index contributed by atoms with van der Waals surface area (Å²) in [6.45, 7) is 3.69. The zero-order chi connectivity index (χ0) is 14.5. The normalized spacial score (nSPS) is 12.2. The summed E-state index contributed by atoms with van der Waals surface area (Å²) in [5, 5.41) is 4.78. The molecule has 0 atom stereocenters. The third kappa shape index (κ3) is 2.13. The van der Waals surface area contributed by atoms with Gasteiger partial charge in [0.25, 0.3) is 9.05 Å². The molecule has 1 aromatic carbocycles. The van der Waals surface area contributed by atoms with Gasteiger partial charge in [-0.3, -0.25) is 0 Å². The number of hydrogen-bond donors (Lipinski definition) is 0. The van der Waals surface area contributed by atoms with Gasteiger partial charge in [-0.15, -0.1) is 11.3 Å². The van der Waals surface area contributed by atoms with Crippen LogP contribution in [-0.4, -0.2) is 13.6 Å². The lowest BCUT2D eigenvalue weighted by atomic mass is 10.0. The molecule has 0 saturated heterocycles. The van der Waals surface area contributed by atoms with E-state index in [2.05, 4.69) is 5.16 Å². The molecule has 0 bridgehead atoms. The third-order valence-corrected chi connectivity index (χ3v) is 6.32. The Labute approximate surface area is 124 Å². The second-order valence-corrected chi connectivity index (χ2v) is 8.27. The highest BCUT2D eigenvalue weighted by Gasteiger charge is 2.19. The fourth-order valence-corrected chi connectivity index (χ4v) is 4.47. The summed E-state index contributed by atoms with van der Waals surface area (Å²) in [6.07, 6.45) is 0. The molecular formula is C13H10ClNO3S2. The minimum absolute atomic E-state index is 0.147. The average Bonchev–Trinajstić information content (AvgIpc) is 2.93. The maximum absolute atomic E-state index is 11.5. The van der Waals surface area contributed by atoms with Crippen LogP contribution in [0, 0.1) is 13.8 Å². The Hall–Kier alpha value is -1.37. The molecule has 104 valence electrons. The standard InChI is InChI=1S/C13H10ClNO3S2/c1-7-12(8(2)18-15-7)10-5-3-4-9-6-11(19-13(9)10)20(14,16)17/h3-6H,1-2H3.